The molecular weight excluding hydrogens is 369 g/mol. The maximum atomic E-state index is 12.9. The van der Waals surface area contributed by atoms with Gasteiger partial charge in [0.05, 0.1) is 16.5 Å². The quantitative estimate of drug-likeness (QED) is 0.873. The average Bonchev–Trinajstić information content (AvgIpc) is 2.70. The Morgan fingerprint density at radius 3 is 2.22 bits per heavy atom. The largest absolute Gasteiger partial charge is 0.326 e. The van der Waals surface area contributed by atoms with Crippen molar-refractivity contribution in [2.75, 3.05) is 18.4 Å². The van der Waals surface area contributed by atoms with E-state index in [0.717, 1.165) is 0 Å². The van der Waals surface area contributed by atoms with Crippen molar-refractivity contribution in [1.82, 2.24) is 4.31 Å². The summed E-state index contributed by atoms with van der Waals surface area (Å²) in [5, 5.41) is 11.5. The van der Waals surface area contributed by atoms with Crippen LogP contribution in [0.25, 0.3) is 0 Å². The van der Waals surface area contributed by atoms with E-state index in [0.29, 0.717) is 24.1 Å². The normalized spacial score (nSPS) is 15.9. The SMILES string of the molecule is N#Cc1ccc(S(=O)(=O)N2CCC(C(=O)Nc3ccc(F)cc3)CC2)cc1. The number of piperidine rings is 1. The summed E-state index contributed by atoms with van der Waals surface area (Å²) in [4.78, 5) is 12.5. The van der Waals surface area contributed by atoms with Crippen molar-refractivity contribution in [3.63, 3.8) is 0 Å². The van der Waals surface area contributed by atoms with E-state index >= 15 is 0 Å². The molecule has 0 aromatic heterocycles. The van der Waals surface area contributed by atoms with Crippen LogP contribution in [0.15, 0.2) is 53.4 Å². The van der Waals surface area contributed by atoms with Crippen LogP contribution in [-0.4, -0.2) is 31.7 Å². The molecule has 2 aromatic rings. The minimum absolute atomic E-state index is 0.135. The molecule has 1 aliphatic rings. The molecule has 27 heavy (non-hydrogen) atoms. The van der Waals surface area contributed by atoms with Crippen LogP contribution in [0.5, 0.6) is 0 Å². The summed E-state index contributed by atoms with van der Waals surface area (Å²) in [6, 6.07) is 13.2. The Kier molecular flexibility index (Phi) is 5.54. The minimum Gasteiger partial charge on any atom is -0.326 e. The molecule has 1 heterocycles. The van der Waals surface area contributed by atoms with Crippen molar-refractivity contribution in [1.29, 1.82) is 5.26 Å². The van der Waals surface area contributed by atoms with Gasteiger partial charge in [0, 0.05) is 24.7 Å². The minimum atomic E-state index is -3.65. The number of nitrogens with zero attached hydrogens (tertiary/aromatic N) is 2. The highest BCUT2D eigenvalue weighted by atomic mass is 32.2. The van der Waals surface area contributed by atoms with Crippen LogP contribution >= 0.6 is 0 Å². The second-order valence-electron chi connectivity index (χ2n) is 6.31. The summed E-state index contributed by atoms with van der Waals surface area (Å²) < 4.78 is 39.7. The predicted octanol–water partition coefficient (Wildman–Crippen LogP) is 2.74. The summed E-state index contributed by atoms with van der Waals surface area (Å²) in [7, 11) is -3.65. The van der Waals surface area contributed by atoms with Crippen LogP contribution in [0.2, 0.25) is 0 Å². The van der Waals surface area contributed by atoms with Gasteiger partial charge < -0.3 is 5.32 Å². The van der Waals surface area contributed by atoms with E-state index in [9.17, 15) is 17.6 Å². The van der Waals surface area contributed by atoms with Crippen molar-refractivity contribution in [3.05, 3.63) is 59.9 Å². The fourth-order valence-electron chi connectivity index (χ4n) is 2.99. The van der Waals surface area contributed by atoms with E-state index in [-0.39, 0.29) is 35.6 Å². The number of benzene rings is 2. The second kappa shape index (κ2) is 7.86. The second-order valence-corrected chi connectivity index (χ2v) is 8.25. The van der Waals surface area contributed by atoms with Gasteiger partial charge in [0.2, 0.25) is 15.9 Å². The molecule has 0 spiro atoms. The molecule has 1 amide bonds. The molecular formula is C19H18FN3O3S. The third-order valence-corrected chi connectivity index (χ3v) is 6.47. The summed E-state index contributed by atoms with van der Waals surface area (Å²) in [6.07, 6.45) is 0.811. The van der Waals surface area contributed by atoms with Crippen molar-refractivity contribution in [3.8, 4) is 6.07 Å². The van der Waals surface area contributed by atoms with E-state index in [1.54, 1.807) is 0 Å². The van der Waals surface area contributed by atoms with E-state index in [1.807, 2.05) is 6.07 Å². The van der Waals surface area contributed by atoms with Crippen LogP contribution < -0.4 is 5.32 Å². The Bertz CT molecular complexity index is 959. The molecule has 1 N–H and O–H groups in total. The highest BCUT2D eigenvalue weighted by molar-refractivity contribution is 7.89. The molecule has 1 fully saturated rings. The van der Waals surface area contributed by atoms with Gasteiger partial charge in [-0.15, -0.1) is 0 Å². The third kappa shape index (κ3) is 4.32. The first-order valence-corrected chi connectivity index (χ1v) is 9.91. The van der Waals surface area contributed by atoms with Crippen LogP contribution in [0.4, 0.5) is 10.1 Å². The number of carbonyl (C=O) groups is 1. The number of hydrogen-bond acceptors (Lipinski definition) is 4. The maximum Gasteiger partial charge on any atom is 0.243 e. The first kappa shape index (κ1) is 19.0. The predicted molar refractivity (Wildman–Crippen MR) is 97.7 cm³/mol. The number of amides is 1. The molecule has 8 heteroatoms. The number of halogens is 1. The zero-order valence-corrected chi connectivity index (χ0v) is 15.2. The van der Waals surface area contributed by atoms with Gasteiger partial charge in [0.25, 0.3) is 0 Å². The van der Waals surface area contributed by atoms with Gasteiger partial charge in [-0.1, -0.05) is 0 Å². The van der Waals surface area contributed by atoms with Gasteiger partial charge in [-0.3, -0.25) is 4.79 Å². The van der Waals surface area contributed by atoms with Crippen LogP contribution in [0, 0.1) is 23.1 Å². The third-order valence-electron chi connectivity index (χ3n) is 4.56. The fraction of sp³-hybridized carbons (Fsp3) is 0.263. The number of anilines is 1. The Labute approximate surface area is 157 Å². The lowest BCUT2D eigenvalue weighted by Crippen LogP contribution is -2.41. The highest BCUT2D eigenvalue weighted by Gasteiger charge is 2.32. The van der Waals surface area contributed by atoms with Gasteiger partial charge in [-0.05, 0) is 61.4 Å². The topological polar surface area (TPSA) is 90.3 Å². The number of carbonyl (C=O) groups excluding carboxylic acids is 1. The lowest BCUT2D eigenvalue weighted by atomic mass is 9.97. The van der Waals surface area contributed by atoms with Crippen molar-refractivity contribution in [2.45, 2.75) is 17.7 Å². The zero-order valence-electron chi connectivity index (χ0n) is 14.4. The Morgan fingerprint density at radius 2 is 1.67 bits per heavy atom. The Hall–Kier alpha value is -2.76. The van der Waals surface area contributed by atoms with Crippen LogP contribution in [0.1, 0.15) is 18.4 Å². The lowest BCUT2D eigenvalue weighted by molar-refractivity contribution is -0.120. The molecule has 140 valence electrons. The number of rotatable bonds is 4. The smallest absolute Gasteiger partial charge is 0.243 e. The van der Waals surface area contributed by atoms with Gasteiger partial charge in [0.1, 0.15) is 5.82 Å². The molecule has 0 aliphatic carbocycles. The maximum absolute atomic E-state index is 12.9. The monoisotopic (exact) mass is 387 g/mol. The van der Waals surface area contributed by atoms with E-state index in [1.165, 1.54) is 52.8 Å². The van der Waals surface area contributed by atoms with Crippen LogP contribution in [-0.2, 0) is 14.8 Å². The number of nitrogens with one attached hydrogen (secondary N) is 1. The molecule has 0 radical (unpaired) electrons. The highest BCUT2D eigenvalue weighted by Crippen LogP contribution is 2.25. The molecule has 0 atom stereocenters. The van der Waals surface area contributed by atoms with Gasteiger partial charge >= 0.3 is 0 Å². The number of sulfonamides is 1. The van der Waals surface area contributed by atoms with Crippen LogP contribution in [0.3, 0.4) is 0 Å². The van der Waals surface area contributed by atoms with Crippen molar-refractivity contribution in [2.24, 2.45) is 5.92 Å². The van der Waals surface area contributed by atoms with E-state index in [4.69, 9.17) is 5.26 Å². The van der Waals surface area contributed by atoms with Gasteiger partial charge in [0.15, 0.2) is 0 Å². The molecule has 0 bridgehead atoms. The lowest BCUT2D eigenvalue weighted by Gasteiger charge is -2.30. The summed E-state index contributed by atoms with van der Waals surface area (Å²) >= 11 is 0. The molecule has 1 aliphatic heterocycles. The zero-order chi connectivity index (χ0) is 19.4. The number of nitriles is 1. The fourth-order valence-corrected chi connectivity index (χ4v) is 4.46. The Morgan fingerprint density at radius 1 is 1.07 bits per heavy atom. The number of hydrogen-bond donors (Lipinski definition) is 1. The van der Waals surface area contributed by atoms with Crippen molar-refractivity contribution >= 4 is 21.6 Å². The molecule has 3 rings (SSSR count). The average molecular weight is 387 g/mol. The van der Waals surface area contributed by atoms with Gasteiger partial charge in [-0.25, -0.2) is 12.8 Å². The molecule has 6 nitrogen and oxygen atoms in total. The summed E-state index contributed by atoms with van der Waals surface area (Å²) in [5.41, 5.74) is 0.902. The molecule has 1 saturated heterocycles. The van der Waals surface area contributed by atoms with Crippen molar-refractivity contribution < 1.29 is 17.6 Å². The molecule has 0 saturated carbocycles. The first-order valence-electron chi connectivity index (χ1n) is 8.47. The summed E-state index contributed by atoms with van der Waals surface area (Å²) in [6.45, 7) is 0.480. The van der Waals surface area contributed by atoms with Gasteiger partial charge in [-0.2, -0.15) is 9.57 Å². The first-order chi connectivity index (χ1) is 12.9. The van der Waals surface area contributed by atoms with E-state index < -0.39 is 10.0 Å². The molecule has 0 unspecified atom stereocenters. The Balaban J connectivity index is 1.61. The molecule has 2 aromatic carbocycles. The standard InChI is InChI=1S/C19H18FN3O3S/c20-16-3-5-17(6-4-16)22-19(24)15-9-11-23(12-10-15)27(25,26)18-7-1-14(13-21)2-8-18/h1-8,15H,9-12H2,(H,22,24). The summed E-state index contributed by atoms with van der Waals surface area (Å²) in [5.74, 6) is -0.881. The van der Waals surface area contributed by atoms with E-state index in [2.05, 4.69) is 5.32 Å².